The Morgan fingerprint density at radius 2 is 2.16 bits per heavy atom. The first kappa shape index (κ1) is 11.9. The lowest BCUT2D eigenvalue weighted by molar-refractivity contribution is -0.119. The van der Waals surface area contributed by atoms with Gasteiger partial charge < -0.3 is 9.84 Å². The van der Waals surface area contributed by atoms with Crippen molar-refractivity contribution in [2.24, 2.45) is 0 Å². The molecule has 0 aliphatic carbocycles. The van der Waals surface area contributed by atoms with E-state index in [0.29, 0.717) is 24.6 Å². The molecule has 5 nitrogen and oxygen atoms in total. The van der Waals surface area contributed by atoms with Gasteiger partial charge in [-0.3, -0.25) is 4.79 Å². The van der Waals surface area contributed by atoms with Crippen LogP contribution < -0.4 is 5.32 Å². The van der Waals surface area contributed by atoms with Crippen molar-refractivity contribution >= 4 is 5.91 Å². The molecular weight excluding hydrogens is 242 g/mol. The molecule has 1 amide bonds. The Morgan fingerprint density at radius 1 is 1.37 bits per heavy atom. The molecule has 1 atom stereocenters. The van der Waals surface area contributed by atoms with Gasteiger partial charge in [0.2, 0.25) is 17.6 Å². The van der Waals surface area contributed by atoms with E-state index in [1.807, 2.05) is 31.2 Å². The van der Waals surface area contributed by atoms with Crippen LogP contribution in [-0.4, -0.2) is 22.1 Å². The molecule has 1 fully saturated rings. The predicted molar refractivity (Wildman–Crippen MR) is 69.3 cm³/mol. The predicted octanol–water partition coefficient (Wildman–Crippen LogP) is 1.87. The third-order valence-corrected chi connectivity index (χ3v) is 3.28. The Kier molecular flexibility index (Phi) is 3.03. The van der Waals surface area contributed by atoms with E-state index in [9.17, 15) is 4.79 Å². The Labute approximate surface area is 111 Å². The summed E-state index contributed by atoms with van der Waals surface area (Å²) in [6.45, 7) is 2.04. The van der Waals surface area contributed by atoms with E-state index in [-0.39, 0.29) is 11.9 Å². The number of amides is 1. The van der Waals surface area contributed by atoms with E-state index >= 15 is 0 Å². The summed E-state index contributed by atoms with van der Waals surface area (Å²) in [7, 11) is 0. The quantitative estimate of drug-likeness (QED) is 0.911. The van der Waals surface area contributed by atoms with Gasteiger partial charge in [-0.15, -0.1) is 0 Å². The largest absolute Gasteiger partial charge is 0.353 e. The second-order valence-corrected chi connectivity index (χ2v) is 4.88. The molecule has 0 radical (unpaired) electrons. The van der Waals surface area contributed by atoms with Crippen LogP contribution >= 0.6 is 0 Å². The first-order valence-corrected chi connectivity index (χ1v) is 6.40. The molecule has 1 aliphatic rings. The standard InChI is InChI=1S/C14H15N3O2/c1-9-2-4-10(5-3-9)14-16-13(19-17-14)8-11-6-7-12(18)15-11/h2-5,11H,6-8H2,1H3,(H,15,18). The number of nitrogens with zero attached hydrogens (tertiary/aromatic N) is 2. The first-order valence-electron chi connectivity index (χ1n) is 6.40. The molecule has 0 saturated carbocycles. The summed E-state index contributed by atoms with van der Waals surface area (Å²) in [5.74, 6) is 1.27. The Hall–Kier alpha value is -2.17. The highest BCUT2D eigenvalue weighted by Gasteiger charge is 2.23. The summed E-state index contributed by atoms with van der Waals surface area (Å²) in [4.78, 5) is 15.5. The van der Waals surface area contributed by atoms with Crippen LogP contribution in [0.2, 0.25) is 0 Å². The molecule has 3 rings (SSSR count). The van der Waals surface area contributed by atoms with E-state index in [4.69, 9.17) is 4.52 Å². The number of aromatic nitrogens is 2. The molecule has 19 heavy (non-hydrogen) atoms. The third kappa shape index (κ3) is 2.65. The molecule has 1 saturated heterocycles. The van der Waals surface area contributed by atoms with Crippen LogP contribution in [0.5, 0.6) is 0 Å². The van der Waals surface area contributed by atoms with Crippen LogP contribution in [0, 0.1) is 6.92 Å². The molecule has 5 heteroatoms. The molecular formula is C14H15N3O2. The molecule has 2 heterocycles. The molecule has 1 aliphatic heterocycles. The van der Waals surface area contributed by atoms with Crippen molar-refractivity contribution in [2.75, 3.05) is 0 Å². The summed E-state index contributed by atoms with van der Waals surface area (Å²) in [6.07, 6.45) is 2.02. The number of rotatable bonds is 3. The number of aryl methyl sites for hydroxylation is 1. The van der Waals surface area contributed by atoms with Crippen LogP contribution in [0.4, 0.5) is 0 Å². The van der Waals surface area contributed by atoms with Gasteiger partial charge in [-0.05, 0) is 13.3 Å². The monoisotopic (exact) mass is 257 g/mol. The van der Waals surface area contributed by atoms with Crippen molar-refractivity contribution in [3.05, 3.63) is 35.7 Å². The highest BCUT2D eigenvalue weighted by Crippen LogP contribution is 2.18. The van der Waals surface area contributed by atoms with Gasteiger partial charge in [0.1, 0.15) is 0 Å². The molecule has 2 aromatic rings. The fourth-order valence-electron chi connectivity index (χ4n) is 2.20. The maximum absolute atomic E-state index is 11.1. The van der Waals surface area contributed by atoms with Gasteiger partial charge in [0, 0.05) is 24.4 Å². The minimum Gasteiger partial charge on any atom is -0.353 e. The molecule has 98 valence electrons. The van der Waals surface area contributed by atoms with Crippen LogP contribution in [0.1, 0.15) is 24.3 Å². The normalized spacial score (nSPS) is 18.6. The van der Waals surface area contributed by atoms with E-state index in [0.717, 1.165) is 12.0 Å². The number of carbonyl (C=O) groups excluding carboxylic acids is 1. The van der Waals surface area contributed by atoms with Gasteiger partial charge in [-0.2, -0.15) is 4.98 Å². The maximum atomic E-state index is 11.1. The van der Waals surface area contributed by atoms with Crippen molar-refractivity contribution in [1.82, 2.24) is 15.5 Å². The van der Waals surface area contributed by atoms with E-state index in [1.54, 1.807) is 0 Å². The maximum Gasteiger partial charge on any atom is 0.229 e. The van der Waals surface area contributed by atoms with Gasteiger partial charge in [0.15, 0.2) is 0 Å². The summed E-state index contributed by atoms with van der Waals surface area (Å²) < 4.78 is 5.23. The van der Waals surface area contributed by atoms with Crippen LogP contribution in [-0.2, 0) is 11.2 Å². The zero-order chi connectivity index (χ0) is 13.2. The number of carbonyl (C=O) groups is 1. The van der Waals surface area contributed by atoms with Gasteiger partial charge in [-0.25, -0.2) is 0 Å². The third-order valence-electron chi connectivity index (χ3n) is 3.28. The van der Waals surface area contributed by atoms with Gasteiger partial charge in [0.05, 0.1) is 0 Å². The van der Waals surface area contributed by atoms with Gasteiger partial charge >= 0.3 is 0 Å². The van der Waals surface area contributed by atoms with Gasteiger partial charge in [-0.1, -0.05) is 35.0 Å². The minimum absolute atomic E-state index is 0.100. The van der Waals surface area contributed by atoms with Crippen molar-refractivity contribution in [3.63, 3.8) is 0 Å². The second-order valence-electron chi connectivity index (χ2n) is 4.88. The number of hydrogen-bond donors (Lipinski definition) is 1. The van der Waals surface area contributed by atoms with Crippen molar-refractivity contribution < 1.29 is 9.32 Å². The van der Waals surface area contributed by atoms with E-state index < -0.39 is 0 Å². The highest BCUT2D eigenvalue weighted by molar-refractivity contribution is 5.78. The first-order chi connectivity index (χ1) is 9.20. The zero-order valence-corrected chi connectivity index (χ0v) is 10.7. The van der Waals surface area contributed by atoms with Crippen molar-refractivity contribution in [3.8, 4) is 11.4 Å². The fourth-order valence-corrected chi connectivity index (χ4v) is 2.20. The molecule has 0 spiro atoms. The minimum atomic E-state index is 0.100. The SMILES string of the molecule is Cc1ccc(-c2noc(CC3CCC(=O)N3)n2)cc1. The van der Waals surface area contributed by atoms with Crippen molar-refractivity contribution in [1.29, 1.82) is 0 Å². The lowest BCUT2D eigenvalue weighted by Gasteiger charge is -2.04. The number of benzene rings is 1. The molecule has 1 unspecified atom stereocenters. The Bertz CT molecular complexity index is 589. The lowest BCUT2D eigenvalue weighted by atomic mass is 10.1. The van der Waals surface area contributed by atoms with E-state index in [1.165, 1.54) is 5.56 Å². The summed E-state index contributed by atoms with van der Waals surface area (Å²) in [6, 6.07) is 8.10. The average molecular weight is 257 g/mol. The summed E-state index contributed by atoms with van der Waals surface area (Å²) in [5.41, 5.74) is 2.14. The van der Waals surface area contributed by atoms with Crippen LogP contribution in [0.25, 0.3) is 11.4 Å². The fraction of sp³-hybridized carbons (Fsp3) is 0.357. The smallest absolute Gasteiger partial charge is 0.229 e. The molecule has 0 bridgehead atoms. The van der Waals surface area contributed by atoms with Crippen LogP contribution in [0.15, 0.2) is 28.8 Å². The average Bonchev–Trinajstić information content (AvgIpc) is 3.00. The van der Waals surface area contributed by atoms with Crippen molar-refractivity contribution in [2.45, 2.75) is 32.2 Å². The molecule has 1 aromatic carbocycles. The zero-order valence-electron chi connectivity index (χ0n) is 10.7. The topological polar surface area (TPSA) is 68.0 Å². The summed E-state index contributed by atoms with van der Waals surface area (Å²) in [5, 5.41) is 6.87. The summed E-state index contributed by atoms with van der Waals surface area (Å²) >= 11 is 0. The Morgan fingerprint density at radius 3 is 2.84 bits per heavy atom. The highest BCUT2D eigenvalue weighted by atomic mass is 16.5. The van der Waals surface area contributed by atoms with Crippen LogP contribution in [0.3, 0.4) is 0 Å². The number of nitrogens with one attached hydrogen (secondary N) is 1. The molecule has 1 N–H and O–H groups in total. The lowest BCUT2D eigenvalue weighted by Crippen LogP contribution is -2.27. The van der Waals surface area contributed by atoms with E-state index in [2.05, 4.69) is 15.5 Å². The number of hydrogen-bond acceptors (Lipinski definition) is 4. The Balaban J connectivity index is 1.72. The molecule has 1 aromatic heterocycles. The van der Waals surface area contributed by atoms with Gasteiger partial charge in [0.25, 0.3) is 0 Å². The second kappa shape index (κ2) is 4.84.